The fraction of sp³-hybridized carbons (Fsp3) is 0.591. The van der Waals surface area contributed by atoms with Crippen LogP contribution in [-0.4, -0.2) is 44.3 Å². The summed E-state index contributed by atoms with van der Waals surface area (Å²) >= 11 is 0. The molecule has 0 bridgehead atoms. The number of anilines is 1. The van der Waals surface area contributed by atoms with Crippen molar-refractivity contribution in [1.29, 1.82) is 0 Å². The van der Waals surface area contributed by atoms with Crippen LogP contribution in [0.25, 0.3) is 0 Å². The topological polar surface area (TPSA) is 120 Å². The first-order valence-electron chi connectivity index (χ1n) is 10.3. The molecule has 1 heterocycles. The molecule has 0 spiro atoms. The fourth-order valence-corrected chi connectivity index (χ4v) is 5.60. The third-order valence-corrected chi connectivity index (χ3v) is 6.75. The van der Waals surface area contributed by atoms with Gasteiger partial charge in [-0.2, -0.15) is 5.10 Å². The van der Waals surface area contributed by atoms with Gasteiger partial charge < -0.3 is 15.3 Å². The molecule has 9 heteroatoms. The summed E-state index contributed by atoms with van der Waals surface area (Å²) in [6.45, 7) is 9.46. The lowest BCUT2D eigenvalue weighted by molar-refractivity contribution is -0.160. The molecule has 2 rings (SSSR count). The Morgan fingerprint density at radius 2 is 1.97 bits per heavy atom. The molecule has 0 radical (unpaired) electrons. The van der Waals surface area contributed by atoms with Crippen molar-refractivity contribution in [3.63, 3.8) is 0 Å². The van der Waals surface area contributed by atoms with E-state index in [9.17, 15) is 9.00 Å². The lowest BCUT2D eigenvalue weighted by Crippen LogP contribution is -2.48. The second-order valence-electron chi connectivity index (χ2n) is 9.69. The minimum absolute atomic E-state index is 0.00521. The molecular formula is C22H36N4O4S. The normalized spacial score (nSPS) is 23.6. The van der Waals surface area contributed by atoms with E-state index >= 15 is 0 Å². The number of ether oxygens (including phenoxy) is 2. The molecule has 1 aliphatic heterocycles. The maximum absolute atomic E-state index is 13.5. The first-order chi connectivity index (χ1) is 14.2. The maximum Gasteiger partial charge on any atom is 0.306 e. The average molecular weight is 453 g/mol. The second kappa shape index (κ2) is 9.58. The molecule has 31 heavy (non-hydrogen) atoms. The SMILES string of the molecule is C=S(=O)(C[C@@H]1C[C@H](CC(=O)OC(C)(C)C)CC(C)(C)O1)/C(=N/N)N(N)c1ccccc1. The largest absolute Gasteiger partial charge is 0.460 e. The highest BCUT2D eigenvalue weighted by Crippen LogP contribution is 2.35. The van der Waals surface area contributed by atoms with Gasteiger partial charge >= 0.3 is 5.97 Å². The maximum atomic E-state index is 13.5. The zero-order valence-corrected chi connectivity index (χ0v) is 20.0. The lowest BCUT2D eigenvalue weighted by atomic mass is 9.84. The Balaban J connectivity index is 2.14. The summed E-state index contributed by atoms with van der Waals surface area (Å²) in [6.07, 6.45) is 1.15. The van der Waals surface area contributed by atoms with Gasteiger partial charge in [0.15, 0.2) is 0 Å². The van der Waals surface area contributed by atoms with Gasteiger partial charge in [-0.05, 0) is 71.4 Å². The fourth-order valence-electron chi connectivity index (χ4n) is 3.99. The lowest BCUT2D eigenvalue weighted by Gasteiger charge is -2.41. The Bertz CT molecular complexity index is 892. The number of amidine groups is 1. The predicted molar refractivity (Wildman–Crippen MR) is 127 cm³/mol. The van der Waals surface area contributed by atoms with Gasteiger partial charge in [-0.25, -0.2) is 5.84 Å². The molecule has 0 saturated carbocycles. The van der Waals surface area contributed by atoms with Crippen molar-refractivity contribution < 1.29 is 18.5 Å². The van der Waals surface area contributed by atoms with Crippen LogP contribution < -0.4 is 16.7 Å². The molecule has 8 nitrogen and oxygen atoms in total. The predicted octanol–water partition coefficient (Wildman–Crippen LogP) is 2.62. The number of hydrazone groups is 1. The van der Waals surface area contributed by atoms with Crippen LogP contribution >= 0.6 is 0 Å². The number of carbonyl (C=O) groups excluding carboxylic acids is 1. The highest BCUT2D eigenvalue weighted by molar-refractivity contribution is 8.14. The van der Waals surface area contributed by atoms with Crippen molar-refractivity contribution in [2.45, 2.75) is 71.2 Å². The van der Waals surface area contributed by atoms with E-state index in [2.05, 4.69) is 11.0 Å². The van der Waals surface area contributed by atoms with Crippen molar-refractivity contribution in [2.24, 2.45) is 22.7 Å². The van der Waals surface area contributed by atoms with Crippen LogP contribution in [0.15, 0.2) is 35.4 Å². The number of carbonyl (C=O) groups is 1. The first kappa shape index (κ1) is 25.2. The minimum Gasteiger partial charge on any atom is -0.460 e. The van der Waals surface area contributed by atoms with Gasteiger partial charge in [0.25, 0.3) is 0 Å². The third kappa shape index (κ3) is 7.52. The van der Waals surface area contributed by atoms with Crippen LogP contribution in [0.3, 0.4) is 0 Å². The number of nitrogens with two attached hydrogens (primary N) is 2. The summed E-state index contributed by atoms with van der Waals surface area (Å²) in [7, 11) is -2.97. The summed E-state index contributed by atoms with van der Waals surface area (Å²) in [5.74, 6) is 15.5. The van der Waals surface area contributed by atoms with E-state index in [1.54, 1.807) is 12.1 Å². The Morgan fingerprint density at radius 1 is 1.35 bits per heavy atom. The zero-order chi connectivity index (χ0) is 23.4. The van der Waals surface area contributed by atoms with Gasteiger partial charge in [-0.15, -0.1) is 0 Å². The van der Waals surface area contributed by atoms with E-state index in [1.807, 2.05) is 52.8 Å². The van der Waals surface area contributed by atoms with E-state index < -0.39 is 20.7 Å². The standard InChI is InChI=1S/C22H36N4O4S/c1-21(2,3)30-19(27)13-16-12-18(29-22(4,5)14-16)15-31(6,28)20(25-23)26(24)17-10-8-7-9-11-17/h7-11,16,18H,6,12-15,23-24H2,1-5H3/b25-20+/t16-,18+,31?/m1/s1. The molecule has 174 valence electrons. The van der Waals surface area contributed by atoms with Crippen LogP contribution in [-0.2, 0) is 23.8 Å². The monoisotopic (exact) mass is 452 g/mol. The third-order valence-electron chi connectivity index (χ3n) is 4.88. The van der Waals surface area contributed by atoms with E-state index in [4.69, 9.17) is 21.2 Å². The number of para-hydroxylation sites is 1. The van der Waals surface area contributed by atoms with Gasteiger partial charge in [0, 0.05) is 21.7 Å². The first-order valence-corrected chi connectivity index (χ1v) is 12.2. The van der Waals surface area contributed by atoms with Gasteiger partial charge in [-0.1, -0.05) is 18.2 Å². The average Bonchev–Trinajstić information content (AvgIpc) is 2.58. The van der Waals surface area contributed by atoms with E-state index in [-0.39, 0.29) is 35.3 Å². The number of rotatable bonds is 5. The number of hydrazine groups is 1. The number of hydrogen-bond donors (Lipinski definition) is 2. The smallest absolute Gasteiger partial charge is 0.306 e. The number of benzene rings is 1. The quantitative estimate of drug-likeness (QED) is 0.176. The van der Waals surface area contributed by atoms with Crippen molar-refractivity contribution in [1.82, 2.24) is 0 Å². The van der Waals surface area contributed by atoms with Crippen molar-refractivity contribution in [3.05, 3.63) is 30.3 Å². The van der Waals surface area contributed by atoms with E-state index in [0.717, 1.165) is 0 Å². The Hall–Kier alpha value is -2.10. The summed E-state index contributed by atoms with van der Waals surface area (Å²) in [6, 6.07) is 8.99. The van der Waals surface area contributed by atoms with Crippen LogP contribution in [0.5, 0.6) is 0 Å². The summed E-state index contributed by atoms with van der Waals surface area (Å²) < 4.78 is 25.2. The summed E-state index contributed by atoms with van der Waals surface area (Å²) in [5.41, 5.74) is -0.420. The molecule has 0 aromatic heterocycles. The Labute approximate surface area is 185 Å². The van der Waals surface area contributed by atoms with Crippen LogP contribution in [0.4, 0.5) is 5.69 Å². The minimum atomic E-state index is -2.97. The number of esters is 1. The summed E-state index contributed by atoms with van der Waals surface area (Å²) in [5, 5.41) is 4.89. The van der Waals surface area contributed by atoms with Gasteiger partial charge in [-0.3, -0.25) is 14.0 Å². The molecule has 1 unspecified atom stereocenters. The molecule has 1 aliphatic rings. The van der Waals surface area contributed by atoms with Crippen LogP contribution in [0.1, 0.15) is 53.9 Å². The highest BCUT2D eigenvalue weighted by Gasteiger charge is 2.38. The molecular weight excluding hydrogens is 416 g/mol. The zero-order valence-electron chi connectivity index (χ0n) is 19.2. The highest BCUT2D eigenvalue weighted by atomic mass is 32.2. The Morgan fingerprint density at radius 3 is 2.52 bits per heavy atom. The molecule has 0 aliphatic carbocycles. The molecule has 3 atom stereocenters. The summed E-state index contributed by atoms with van der Waals surface area (Å²) in [4.78, 5) is 12.3. The van der Waals surface area contributed by atoms with Crippen molar-refractivity contribution in [3.8, 4) is 0 Å². The number of hydrogen-bond acceptors (Lipinski definition) is 7. The van der Waals surface area contributed by atoms with Crippen LogP contribution in [0.2, 0.25) is 0 Å². The van der Waals surface area contributed by atoms with Gasteiger partial charge in [0.2, 0.25) is 5.17 Å². The molecule has 1 aromatic rings. The van der Waals surface area contributed by atoms with E-state index in [0.29, 0.717) is 18.5 Å². The van der Waals surface area contributed by atoms with Gasteiger partial charge in [0.1, 0.15) is 5.60 Å². The molecule has 1 fully saturated rings. The van der Waals surface area contributed by atoms with Gasteiger partial charge in [0.05, 0.1) is 17.4 Å². The molecule has 4 N–H and O–H groups in total. The molecule has 1 saturated heterocycles. The second-order valence-corrected chi connectivity index (χ2v) is 12.0. The van der Waals surface area contributed by atoms with E-state index in [1.165, 1.54) is 5.01 Å². The number of nitrogens with zero attached hydrogens (tertiary/aromatic N) is 2. The van der Waals surface area contributed by atoms with Crippen molar-refractivity contribution >= 4 is 32.2 Å². The Kier molecular flexibility index (Phi) is 7.78. The molecule has 0 amide bonds. The van der Waals surface area contributed by atoms with Crippen LogP contribution in [0, 0.1) is 5.92 Å². The molecule has 1 aromatic carbocycles. The van der Waals surface area contributed by atoms with Crippen molar-refractivity contribution in [2.75, 3.05) is 10.8 Å².